The molecule has 0 aliphatic heterocycles. The molecule has 3 aromatic rings. The van der Waals surface area contributed by atoms with Crippen molar-refractivity contribution in [2.45, 2.75) is 0 Å². The second-order valence-electron chi connectivity index (χ2n) is 4.00. The van der Waals surface area contributed by atoms with Gasteiger partial charge in [0.1, 0.15) is 0 Å². The van der Waals surface area contributed by atoms with E-state index in [4.69, 9.17) is 11.6 Å². The quantitative estimate of drug-likeness (QED) is 0.456. The SMILES string of the molecule is [O-][n+]1onc2c(/C=N/Nc3ccccc3)ccc(Cl)c21. The lowest BCUT2D eigenvalue weighted by Gasteiger charge is -1.98. The maximum Gasteiger partial charge on any atom is 0.258 e. The largest absolute Gasteiger partial charge is 0.359 e. The number of para-hydroxylation sites is 1. The molecule has 3 rings (SSSR count). The number of halogens is 1. The molecule has 0 unspecified atom stereocenters. The predicted molar refractivity (Wildman–Crippen MR) is 75.6 cm³/mol. The Morgan fingerprint density at radius 2 is 2.05 bits per heavy atom. The second kappa shape index (κ2) is 5.18. The molecule has 1 N–H and O–H groups in total. The second-order valence-corrected chi connectivity index (χ2v) is 4.41. The van der Waals surface area contributed by atoms with Crippen molar-refractivity contribution >= 4 is 34.5 Å². The maximum absolute atomic E-state index is 11.4. The number of anilines is 1. The molecule has 0 aliphatic carbocycles. The van der Waals surface area contributed by atoms with Crippen LogP contribution in [0.4, 0.5) is 5.69 Å². The lowest BCUT2D eigenvalue weighted by Crippen LogP contribution is -2.22. The number of nitrogens with one attached hydrogen (secondary N) is 1. The van der Waals surface area contributed by atoms with E-state index in [2.05, 4.69) is 20.3 Å². The van der Waals surface area contributed by atoms with E-state index in [0.29, 0.717) is 11.1 Å². The van der Waals surface area contributed by atoms with Crippen LogP contribution < -0.4 is 10.3 Å². The lowest BCUT2D eigenvalue weighted by molar-refractivity contribution is -0.782. The van der Waals surface area contributed by atoms with Crippen molar-refractivity contribution in [1.82, 2.24) is 5.16 Å². The van der Waals surface area contributed by atoms with Crippen molar-refractivity contribution < 1.29 is 9.53 Å². The van der Waals surface area contributed by atoms with Crippen LogP contribution in [-0.2, 0) is 0 Å². The fraction of sp³-hybridized carbons (Fsp3) is 0. The van der Waals surface area contributed by atoms with Gasteiger partial charge in [-0.25, -0.2) is 0 Å². The van der Waals surface area contributed by atoms with Crippen molar-refractivity contribution in [2.75, 3.05) is 5.43 Å². The van der Waals surface area contributed by atoms with Gasteiger partial charge >= 0.3 is 0 Å². The van der Waals surface area contributed by atoms with E-state index >= 15 is 0 Å². The Kier molecular flexibility index (Phi) is 3.22. The molecule has 0 radical (unpaired) electrons. The monoisotopic (exact) mass is 288 g/mol. The van der Waals surface area contributed by atoms with Crippen molar-refractivity contribution in [3.63, 3.8) is 0 Å². The summed E-state index contributed by atoms with van der Waals surface area (Å²) in [7, 11) is 0. The molecule has 7 heteroatoms. The summed E-state index contributed by atoms with van der Waals surface area (Å²) in [6, 6.07) is 12.8. The van der Waals surface area contributed by atoms with E-state index in [1.54, 1.807) is 18.3 Å². The van der Waals surface area contributed by atoms with Crippen LogP contribution in [0.1, 0.15) is 5.56 Å². The van der Waals surface area contributed by atoms with Crippen molar-refractivity contribution in [1.29, 1.82) is 0 Å². The highest BCUT2D eigenvalue weighted by Crippen LogP contribution is 2.21. The first kappa shape index (κ1) is 12.4. The average Bonchev–Trinajstić information content (AvgIpc) is 2.86. The van der Waals surface area contributed by atoms with Gasteiger partial charge in [-0.15, -0.1) is 0 Å². The highest BCUT2D eigenvalue weighted by molar-refractivity contribution is 6.34. The van der Waals surface area contributed by atoms with Crippen LogP contribution in [0.3, 0.4) is 0 Å². The van der Waals surface area contributed by atoms with Crippen LogP contribution in [-0.4, -0.2) is 11.4 Å². The van der Waals surface area contributed by atoms with E-state index in [-0.39, 0.29) is 15.4 Å². The van der Waals surface area contributed by atoms with Crippen molar-refractivity contribution in [3.8, 4) is 0 Å². The molecular weight excluding hydrogens is 280 g/mol. The Balaban J connectivity index is 1.90. The standard InChI is InChI=1S/C13H9ClN4O2/c14-11-7-6-9(12-13(11)18(19)20-17-12)8-15-16-10-4-2-1-3-5-10/h1-8,16H/b15-8+. The summed E-state index contributed by atoms with van der Waals surface area (Å²) < 4.78 is 4.55. The van der Waals surface area contributed by atoms with E-state index in [1.165, 1.54) is 0 Å². The summed E-state index contributed by atoms with van der Waals surface area (Å²) in [4.78, 5) is 0.277. The van der Waals surface area contributed by atoms with Crippen LogP contribution >= 0.6 is 11.6 Å². The smallest absolute Gasteiger partial charge is 0.258 e. The molecular formula is C13H9ClN4O2. The van der Waals surface area contributed by atoms with Crippen LogP contribution in [0.15, 0.2) is 52.2 Å². The van der Waals surface area contributed by atoms with Crippen LogP contribution in [0.2, 0.25) is 5.02 Å². The molecule has 0 aliphatic rings. The molecule has 1 heterocycles. The van der Waals surface area contributed by atoms with Crippen molar-refractivity contribution in [3.05, 3.63) is 58.3 Å². The van der Waals surface area contributed by atoms with Crippen LogP contribution in [0, 0.1) is 5.21 Å². The molecule has 0 saturated carbocycles. The van der Waals surface area contributed by atoms with Gasteiger partial charge in [-0.05, 0) is 29.2 Å². The minimum atomic E-state index is 0.190. The Bertz CT molecular complexity index is 771. The lowest BCUT2D eigenvalue weighted by atomic mass is 10.2. The van der Waals surface area contributed by atoms with Crippen molar-refractivity contribution in [2.24, 2.45) is 5.10 Å². The van der Waals surface area contributed by atoms with Gasteiger partial charge in [0, 0.05) is 5.16 Å². The number of hydrogen-bond donors (Lipinski definition) is 1. The first-order valence-corrected chi connectivity index (χ1v) is 6.15. The summed E-state index contributed by atoms with van der Waals surface area (Å²) in [5, 5.41) is 19.4. The first-order chi connectivity index (χ1) is 9.75. The molecule has 0 fully saturated rings. The summed E-state index contributed by atoms with van der Waals surface area (Å²) in [6.45, 7) is 0. The fourth-order valence-corrected chi connectivity index (χ4v) is 1.97. The molecule has 2 aromatic carbocycles. The number of aromatic nitrogens is 2. The Hall–Kier alpha value is -2.60. The number of rotatable bonds is 3. The van der Waals surface area contributed by atoms with Gasteiger partial charge in [0.05, 0.1) is 22.5 Å². The van der Waals surface area contributed by atoms with Gasteiger partial charge in [0.15, 0.2) is 0 Å². The van der Waals surface area contributed by atoms with E-state index in [0.717, 1.165) is 5.69 Å². The zero-order chi connectivity index (χ0) is 13.9. The Morgan fingerprint density at radius 3 is 2.85 bits per heavy atom. The molecule has 0 amide bonds. The molecule has 100 valence electrons. The predicted octanol–water partition coefficient (Wildman–Crippen LogP) is 2.56. The number of hydrogen-bond acceptors (Lipinski definition) is 5. The summed E-state index contributed by atoms with van der Waals surface area (Å²) in [5.41, 5.74) is 4.91. The average molecular weight is 289 g/mol. The molecule has 0 bridgehead atoms. The third kappa shape index (κ3) is 2.28. The van der Waals surface area contributed by atoms with Gasteiger partial charge in [-0.3, -0.25) is 10.1 Å². The van der Waals surface area contributed by atoms with E-state index in [9.17, 15) is 5.21 Å². The third-order valence-electron chi connectivity index (χ3n) is 2.69. The van der Waals surface area contributed by atoms with Gasteiger partial charge in [0.2, 0.25) is 5.52 Å². The van der Waals surface area contributed by atoms with Gasteiger partial charge in [-0.1, -0.05) is 29.8 Å². The number of hydrazone groups is 1. The summed E-state index contributed by atoms with van der Waals surface area (Å²) >= 11 is 5.92. The van der Waals surface area contributed by atoms with Crippen LogP contribution in [0.25, 0.3) is 11.0 Å². The Morgan fingerprint density at radius 1 is 1.25 bits per heavy atom. The Labute approximate surface area is 118 Å². The topological polar surface area (TPSA) is 77.4 Å². The third-order valence-corrected chi connectivity index (χ3v) is 3.00. The van der Waals surface area contributed by atoms with E-state index < -0.39 is 0 Å². The first-order valence-electron chi connectivity index (χ1n) is 5.78. The summed E-state index contributed by atoms with van der Waals surface area (Å²) in [6.07, 6.45) is 1.55. The molecule has 0 atom stereocenters. The fourth-order valence-electron chi connectivity index (χ4n) is 1.75. The minimum Gasteiger partial charge on any atom is -0.359 e. The highest BCUT2D eigenvalue weighted by Gasteiger charge is 2.16. The number of benzene rings is 2. The molecule has 0 spiro atoms. The zero-order valence-electron chi connectivity index (χ0n) is 10.2. The van der Waals surface area contributed by atoms with Crippen LogP contribution in [0.5, 0.6) is 0 Å². The van der Waals surface area contributed by atoms with Gasteiger partial charge in [0.25, 0.3) is 5.52 Å². The number of fused-ring (bicyclic) bond motifs is 1. The molecule has 1 aromatic heterocycles. The van der Waals surface area contributed by atoms with Gasteiger partial charge in [-0.2, -0.15) is 5.10 Å². The van der Waals surface area contributed by atoms with Gasteiger partial charge < -0.3 is 5.21 Å². The summed E-state index contributed by atoms with van der Waals surface area (Å²) in [5.74, 6) is 0. The number of nitrogens with zero attached hydrogens (tertiary/aromatic N) is 3. The van der Waals surface area contributed by atoms with E-state index in [1.807, 2.05) is 30.3 Å². The highest BCUT2D eigenvalue weighted by atomic mass is 35.5. The zero-order valence-corrected chi connectivity index (χ0v) is 10.9. The minimum absolute atomic E-state index is 0.190. The maximum atomic E-state index is 11.4. The molecule has 0 saturated heterocycles. The normalized spacial score (nSPS) is 11.2. The molecule has 6 nitrogen and oxygen atoms in total. The molecule has 20 heavy (non-hydrogen) atoms.